The molecule has 1 rings (SSSR count). The Balaban J connectivity index is 3.18. The summed E-state index contributed by atoms with van der Waals surface area (Å²) in [4.78, 5) is 9.25. The van der Waals surface area contributed by atoms with E-state index in [-0.39, 0.29) is 5.41 Å². The fraction of sp³-hybridized carbons (Fsp3) is 0.714. The third-order valence-electron chi connectivity index (χ3n) is 3.01. The molecule has 2 nitrogen and oxygen atoms in total. The van der Waals surface area contributed by atoms with Crippen molar-refractivity contribution in [2.45, 2.75) is 59.8 Å². The molecule has 1 unspecified atom stereocenters. The van der Waals surface area contributed by atoms with Crippen LogP contribution >= 0.6 is 0 Å². The molecule has 1 aromatic rings. The first-order valence-corrected chi connectivity index (χ1v) is 6.08. The van der Waals surface area contributed by atoms with Crippen LogP contribution in [0.1, 0.15) is 64.7 Å². The Bertz CT molecular complexity index is 361. The summed E-state index contributed by atoms with van der Waals surface area (Å²) in [5.41, 5.74) is 2.27. The highest BCUT2D eigenvalue weighted by molar-refractivity contribution is 5.17. The van der Waals surface area contributed by atoms with Gasteiger partial charge in [-0.1, -0.05) is 41.5 Å². The number of nitrogens with zero attached hydrogens (tertiary/aromatic N) is 2. The molecule has 0 saturated heterocycles. The Hall–Kier alpha value is -0.920. The zero-order valence-corrected chi connectivity index (χ0v) is 11.6. The van der Waals surface area contributed by atoms with Gasteiger partial charge in [0.2, 0.25) is 0 Å². The van der Waals surface area contributed by atoms with Crippen LogP contribution in [0, 0.1) is 12.8 Å². The molecule has 0 amide bonds. The van der Waals surface area contributed by atoms with Crippen molar-refractivity contribution in [3.63, 3.8) is 0 Å². The molecule has 1 heterocycles. The molecule has 2 heteroatoms. The highest BCUT2D eigenvalue weighted by atomic mass is 14.9. The van der Waals surface area contributed by atoms with E-state index in [0.29, 0.717) is 11.8 Å². The summed E-state index contributed by atoms with van der Waals surface area (Å²) in [5.74, 6) is 2.06. The zero-order chi connectivity index (χ0) is 12.5. The third-order valence-corrected chi connectivity index (χ3v) is 3.01. The van der Waals surface area contributed by atoms with Crippen molar-refractivity contribution in [2.24, 2.45) is 5.92 Å². The summed E-state index contributed by atoms with van der Waals surface area (Å²) in [6, 6.07) is 2.11. The lowest BCUT2D eigenvalue weighted by atomic mass is 9.92. The van der Waals surface area contributed by atoms with Crippen LogP contribution in [-0.4, -0.2) is 9.97 Å². The average Bonchev–Trinajstić information content (AvgIpc) is 2.14. The maximum atomic E-state index is 4.71. The van der Waals surface area contributed by atoms with E-state index in [9.17, 15) is 0 Å². The molecule has 0 fully saturated rings. The van der Waals surface area contributed by atoms with E-state index in [4.69, 9.17) is 4.98 Å². The molecule has 1 aromatic heterocycles. The van der Waals surface area contributed by atoms with Gasteiger partial charge in [0, 0.05) is 22.7 Å². The predicted octanol–water partition coefficient (Wildman–Crippen LogP) is 3.84. The molecule has 0 aliphatic heterocycles. The van der Waals surface area contributed by atoms with Crippen LogP contribution in [-0.2, 0) is 5.41 Å². The van der Waals surface area contributed by atoms with Crippen molar-refractivity contribution in [3.05, 3.63) is 23.3 Å². The Morgan fingerprint density at radius 2 is 1.62 bits per heavy atom. The summed E-state index contributed by atoms with van der Waals surface area (Å²) < 4.78 is 0. The van der Waals surface area contributed by atoms with Gasteiger partial charge in [-0.05, 0) is 18.9 Å². The maximum Gasteiger partial charge on any atom is 0.134 e. The quantitative estimate of drug-likeness (QED) is 0.756. The first-order valence-electron chi connectivity index (χ1n) is 6.08. The molecule has 0 saturated carbocycles. The second kappa shape index (κ2) is 4.52. The van der Waals surface area contributed by atoms with Crippen molar-refractivity contribution in [1.82, 2.24) is 9.97 Å². The van der Waals surface area contributed by atoms with Gasteiger partial charge in [-0.2, -0.15) is 0 Å². The Morgan fingerprint density at radius 1 is 1.06 bits per heavy atom. The van der Waals surface area contributed by atoms with Crippen LogP contribution in [0.4, 0.5) is 0 Å². The molecule has 1 atom stereocenters. The second-order valence-corrected chi connectivity index (χ2v) is 6.04. The van der Waals surface area contributed by atoms with Crippen molar-refractivity contribution in [3.8, 4) is 0 Å². The average molecular weight is 220 g/mol. The van der Waals surface area contributed by atoms with E-state index in [1.165, 1.54) is 5.69 Å². The lowest BCUT2D eigenvalue weighted by molar-refractivity contribution is 0.498. The number of aromatic nitrogens is 2. The van der Waals surface area contributed by atoms with E-state index in [1.807, 2.05) is 6.92 Å². The minimum atomic E-state index is 0.0253. The number of hydrogen-bond donors (Lipinski definition) is 0. The molecule has 90 valence electrons. The first kappa shape index (κ1) is 13.1. The topological polar surface area (TPSA) is 25.8 Å². The van der Waals surface area contributed by atoms with Crippen molar-refractivity contribution >= 4 is 0 Å². The van der Waals surface area contributed by atoms with Crippen LogP contribution in [0.3, 0.4) is 0 Å². The van der Waals surface area contributed by atoms with Gasteiger partial charge in [-0.3, -0.25) is 0 Å². The zero-order valence-electron chi connectivity index (χ0n) is 11.6. The number of aryl methyl sites for hydroxylation is 1. The molecule has 0 radical (unpaired) electrons. The van der Waals surface area contributed by atoms with Crippen LogP contribution < -0.4 is 0 Å². The Morgan fingerprint density at radius 3 is 2.06 bits per heavy atom. The molecule has 0 N–H and O–H groups in total. The van der Waals surface area contributed by atoms with Gasteiger partial charge in [-0.15, -0.1) is 0 Å². The van der Waals surface area contributed by atoms with Gasteiger partial charge in [0.05, 0.1) is 0 Å². The molecule has 0 spiro atoms. The van der Waals surface area contributed by atoms with Gasteiger partial charge in [-0.25, -0.2) is 9.97 Å². The molecule has 0 aromatic carbocycles. The summed E-state index contributed by atoms with van der Waals surface area (Å²) in [6.07, 6.45) is 0. The second-order valence-electron chi connectivity index (χ2n) is 6.04. The largest absolute Gasteiger partial charge is 0.238 e. The van der Waals surface area contributed by atoms with Crippen molar-refractivity contribution < 1.29 is 0 Å². The molecular formula is C14H24N2. The van der Waals surface area contributed by atoms with E-state index < -0.39 is 0 Å². The summed E-state index contributed by atoms with van der Waals surface area (Å²) in [5, 5.41) is 0. The maximum absolute atomic E-state index is 4.71. The van der Waals surface area contributed by atoms with E-state index in [1.54, 1.807) is 0 Å². The SMILES string of the molecule is Cc1cc(C(C)C(C)C)nc(C(C)(C)C)n1. The minimum Gasteiger partial charge on any atom is -0.238 e. The number of rotatable bonds is 2. The van der Waals surface area contributed by atoms with Crippen LogP contribution in [0.25, 0.3) is 0 Å². The molecule has 0 aliphatic carbocycles. The highest BCUT2D eigenvalue weighted by Gasteiger charge is 2.20. The van der Waals surface area contributed by atoms with E-state index in [2.05, 4.69) is 52.6 Å². The van der Waals surface area contributed by atoms with Gasteiger partial charge >= 0.3 is 0 Å². The van der Waals surface area contributed by atoms with Crippen LogP contribution in [0.2, 0.25) is 0 Å². The van der Waals surface area contributed by atoms with E-state index in [0.717, 1.165) is 11.5 Å². The normalized spacial score (nSPS) is 14.2. The fourth-order valence-corrected chi connectivity index (χ4v) is 1.50. The summed E-state index contributed by atoms with van der Waals surface area (Å²) in [7, 11) is 0. The predicted molar refractivity (Wildman–Crippen MR) is 68.7 cm³/mol. The van der Waals surface area contributed by atoms with Crippen molar-refractivity contribution in [2.75, 3.05) is 0 Å². The molecule has 0 aliphatic rings. The molecule has 0 bridgehead atoms. The molecular weight excluding hydrogens is 196 g/mol. The summed E-state index contributed by atoms with van der Waals surface area (Å²) >= 11 is 0. The Kier molecular flexibility index (Phi) is 3.72. The lowest BCUT2D eigenvalue weighted by Gasteiger charge is -2.21. The fourth-order valence-electron chi connectivity index (χ4n) is 1.50. The van der Waals surface area contributed by atoms with Gasteiger partial charge in [0.1, 0.15) is 5.82 Å². The smallest absolute Gasteiger partial charge is 0.134 e. The van der Waals surface area contributed by atoms with Gasteiger partial charge in [0.25, 0.3) is 0 Å². The third kappa shape index (κ3) is 3.03. The minimum absolute atomic E-state index is 0.0253. The Labute approximate surface area is 99.5 Å². The standard InChI is InChI=1S/C14H24N2/c1-9(2)11(4)12-8-10(3)15-13(16-12)14(5,6)7/h8-9,11H,1-7H3. The number of hydrogen-bond acceptors (Lipinski definition) is 2. The first-order chi connectivity index (χ1) is 7.21. The highest BCUT2D eigenvalue weighted by Crippen LogP contribution is 2.25. The lowest BCUT2D eigenvalue weighted by Crippen LogP contribution is -2.19. The van der Waals surface area contributed by atoms with E-state index >= 15 is 0 Å². The monoisotopic (exact) mass is 220 g/mol. The van der Waals surface area contributed by atoms with Crippen LogP contribution in [0.15, 0.2) is 6.07 Å². The summed E-state index contributed by atoms with van der Waals surface area (Å²) in [6.45, 7) is 15.2. The van der Waals surface area contributed by atoms with Gasteiger partial charge in [0.15, 0.2) is 0 Å². The van der Waals surface area contributed by atoms with Crippen LogP contribution in [0.5, 0.6) is 0 Å². The van der Waals surface area contributed by atoms with Gasteiger partial charge < -0.3 is 0 Å². The van der Waals surface area contributed by atoms with Crippen molar-refractivity contribution in [1.29, 1.82) is 0 Å². The molecule has 16 heavy (non-hydrogen) atoms.